The highest BCUT2D eigenvalue weighted by molar-refractivity contribution is 9.11. The van der Waals surface area contributed by atoms with Gasteiger partial charge in [0.2, 0.25) is 0 Å². The molecule has 0 aliphatic heterocycles. The molecule has 1 N–H and O–H groups in total. The molecule has 0 amide bonds. The van der Waals surface area contributed by atoms with Crippen molar-refractivity contribution in [1.29, 1.82) is 0 Å². The van der Waals surface area contributed by atoms with Crippen LogP contribution in [-0.4, -0.2) is 6.54 Å². The van der Waals surface area contributed by atoms with Crippen molar-refractivity contribution < 1.29 is 0 Å². The van der Waals surface area contributed by atoms with E-state index in [1.54, 1.807) is 11.3 Å². The van der Waals surface area contributed by atoms with Gasteiger partial charge in [-0.25, -0.2) is 0 Å². The van der Waals surface area contributed by atoms with Crippen LogP contribution in [0.25, 0.3) is 0 Å². The number of nitrogens with one attached hydrogen (secondary N) is 1. The van der Waals surface area contributed by atoms with Crippen molar-refractivity contribution in [2.24, 2.45) is 0 Å². The molecule has 1 aromatic heterocycles. The SMILES string of the molecule is CCNC(c1ccc(Br)s1)c1ccc(C)cc1C. The predicted octanol–water partition coefficient (Wildman–Crippen LogP) is 4.83. The Morgan fingerprint density at radius 3 is 2.56 bits per heavy atom. The second-order valence-corrected chi connectivity index (χ2v) is 6.99. The zero-order valence-electron chi connectivity index (χ0n) is 11.0. The van der Waals surface area contributed by atoms with Crippen molar-refractivity contribution in [3.63, 3.8) is 0 Å². The van der Waals surface area contributed by atoms with Crippen LogP contribution >= 0.6 is 27.3 Å². The van der Waals surface area contributed by atoms with Crippen LogP contribution in [0.15, 0.2) is 34.1 Å². The third-order valence-corrected chi connectivity index (χ3v) is 4.71. The van der Waals surface area contributed by atoms with E-state index in [2.05, 4.69) is 72.3 Å². The molecule has 1 unspecified atom stereocenters. The third-order valence-electron chi connectivity index (χ3n) is 3.02. The average Bonchev–Trinajstić information content (AvgIpc) is 2.73. The molecule has 96 valence electrons. The molecule has 0 saturated heterocycles. The van der Waals surface area contributed by atoms with E-state index < -0.39 is 0 Å². The molecule has 1 nitrogen and oxygen atoms in total. The second kappa shape index (κ2) is 6.00. The minimum absolute atomic E-state index is 0.298. The van der Waals surface area contributed by atoms with Crippen molar-refractivity contribution in [1.82, 2.24) is 5.32 Å². The Balaban J connectivity index is 2.41. The average molecular weight is 324 g/mol. The number of halogens is 1. The Bertz CT molecular complexity index is 533. The van der Waals surface area contributed by atoms with Gasteiger partial charge in [0, 0.05) is 4.88 Å². The maximum absolute atomic E-state index is 3.58. The number of hydrogen-bond acceptors (Lipinski definition) is 2. The van der Waals surface area contributed by atoms with Gasteiger partial charge in [-0.2, -0.15) is 0 Å². The fourth-order valence-corrected chi connectivity index (χ4v) is 3.72. The van der Waals surface area contributed by atoms with Gasteiger partial charge in [-0.05, 0) is 59.6 Å². The van der Waals surface area contributed by atoms with E-state index in [9.17, 15) is 0 Å². The summed E-state index contributed by atoms with van der Waals surface area (Å²) >= 11 is 5.34. The molecule has 0 spiro atoms. The standard InChI is InChI=1S/C15H18BrNS/c1-4-17-15(13-7-8-14(16)18-13)12-6-5-10(2)9-11(12)3/h5-9,15,17H,4H2,1-3H3. The van der Waals surface area contributed by atoms with E-state index in [4.69, 9.17) is 0 Å². The number of aryl methyl sites for hydroxylation is 2. The molecule has 1 heterocycles. The van der Waals surface area contributed by atoms with E-state index in [1.165, 1.54) is 25.4 Å². The lowest BCUT2D eigenvalue weighted by Gasteiger charge is -2.19. The van der Waals surface area contributed by atoms with Crippen LogP contribution in [-0.2, 0) is 0 Å². The summed E-state index contributed by atoms with van der Waals surface area (Å²) in [6.45, 7) is 7.45. The van der Waals surface area contributed by atoms with E-state index >= 15 is 0 Å². The van der Waals surface area contributed by atoms with E-state index in [1.807, 2.05) is 0 Å². The quantitative estimate of drug-likeness (QED) is 0.850. The van der Waals surface area contributed by atoms with Gasteiger partial charge in [0.25, 0.3) is 0 Å². The molecule has 1 aromatic carbocycles. The van der Waals surface area contributed by atoms with Gasteiger partial charge in [-0.3, -0.25) is 0 Å². The molecule has 0 bridgehead atoms. The summed E-state index contributed by atoms with van der Waals surface area (Å²) in [4.78, 5) is 1.36. The lowest BCUT2D eigenvalue weighted by Crippen LogP contribution is -2.21. The number of thiophene rings is 1. The third kappa shape index (κ3) is 3.02. The molecular weight excluding hydrogens is 306 g/mol. The Labute approximate surface area is 121 Å². The summed E-state index contributed by atoms with van der Waals surface area (Å²) in [7, 11) is 0. The zero-order valence-corrected chi connectivity index (χ0v) is 13.4. The Morgan fingerprint density at radius 1 is 1.22 bits per heavy atom. The van der Waals surface area contributed by atoms with Gasteiger partial charge >= 0.3 is 0 Å². The minimum Gasteiger partial charge on any atom is -0.306 e. The van der Waals surface area contributed by atoms with Gasteiger partial charge in [0.15, 0.2) is 0 Å². The van der Waals surface area contributed by atoms with Crippen LogP contribution in [0.3, 0.4) is 0 Å². The van der Waals surface area contributed by atoms with Gasteiger partial charge in [-0.1, -0.05) is 30.7 Å². The largest absolute Gasteiger partial charge is 0.306 e. The van der Waals surface area contributed by atoms with Crippen molar-refractivity contribution in [2.75, 3.05) is 6.54 Å². The van der Waals surface area contributed by atoms with Crippen molar-refractivity contribution in [3.05, 3.63) is 55.7 Å². The van der Waals surface area contributed by atoms with Crippen LogP contribution in [0.4, 0.5) is 0 Å². The molecule has 3 heteroatoms. The normalized spacial score (nSPS) is 12.7. The van der Waals surface area contributed by atoms with Gasteiger partial charge < -0.3 is 5.32 Å². The summed E-state index contributed by atoms with van der Waals surface area (Å²) < 4.78 is 1.19. The smallest absolute Gasteiger partial charge is 0.0702 e. The first-order valence-corrected chi connectivity index (χ1v) is 7.78. The molecular formula is C15H18BrNS. The molecule has 2 aromatic rings. The van der Waals surface area contributed by atoms with Crippen LogP contribution in [0, 0.1) is 13.8 Å². The summed E-state index contributed by atoms with van der Waals surface area (Å²) in [5, 5.41) is 3.58. The molecule has 0 fully saturated rings. The van der Waals surface area contributed by atoms with E-state index in [-0.39, 0.29) is 0 Å². The molecule has 1 atom stereocenters. The highest BCUT2D eigenvalue weighted by Gasteiger charge is 2.16. The molecule has 0 radical (unpaired) electrons. The maximum atomic E-state index is 3.58. The Hall–Kier alpha value is -0.640. The van der Waals surface area contributed by atoms with Gasteiger partial charge in [-0.15, -0.1) is 11.3 Å². The fraction of sp³-hybridized carbons (Fsp3) is 0.333. The first kappa shape index (κ1) is 13.8. The van der Waals surface area contributed by atoms with E-state index in [0.717, 1.165) is 6.54 Å². The van der Waals surface area contributed by atoms with Crippen LogP contribution in [0.2, 0.25) is 0 Å². The Kier molecular flexibility index (Phi) is 4.60. The van der Waals surface area contributed by atoms with Gasteiger partial charge in [0.05, 0.1) is 9.83 Å². The Morgan fingerprint density at radius 2 is 2.00 bits per heavy atom. The summed E-state index contributed by atoms with van der Waals surface area (Å²) in [5.41, 5.74) is 4.04. The maximum Gasteiger partial charge on any atom is 0.0702 e. The van der Waals surface area contributed by atoms with E-state index in [0.29, 0.717) is 6.04 Å². The minimum atomic E-state index is 0.298. The highest BCUT2D eigenvalue weighted by atomic mass is 79.9. The lowest BCUT2D eigenvalue weighted by atomic mass is 9.98. The molecule has 2 rings (SSSR count). The van der Waals surface area contributed by atoms with Gasteiger partial charge in [0.1, 0.15) is 0 Å². The summed E-state index contributed by atoms with van der Waals surface area (Å²) in [6, 6.07) is 11.3. The highest BCUT2D eigenvalue weighted by Crippen LogP contribution is 2.32. The predicted molar refractivity (Wildman–Crippen MR) is 83.5 cm³/mol. The van der Waals surface area contributed by atoms with Crippen LogP contribution < -0.4 is 5.32 Å². The summed E-state index contributed by atoms with van der Waals surface area (Å²) in [5.74, 6) is 0. The molecule has 0 saturated carbocycles. The van der Waals surface area contributed by atoms with Crippen molar-refractivity contribution in [3.8, 4) is 0 Å². The van der Waals surface area contributed by atoms with Crippen molar-refractivity contribution >= 4 is 27.3 Å². The zero-order chi connectivity index (χ0) is 13.1. The van der Waals surface area contributed by atoms with Crippen molar-refractivity contribution in [2.45, 2.75) is 26.8 Å². The molecule has 18 heavy (non-hydrogen) atoms. The first-order chi connectivity index (χ1) is 8.61. The first-order valence-electron chi connectivity index (χ1n) is 6.17. The topological polar surface area (TPSA) is 12.0 Å². The number of hydrogen-bond donors (Lipinski definition) is 1. The second-order valence-electron chi connectivity index (χ2n) is 4.49. The summed E-state index contributed by atoms with van der Waals surface area (Å²) in [6.07, 6.45) is 0. The molecule has 0 aliphatic carbocycles. The monoisotopic (exact) mass is 323 g/mol. The number of benzene rings is 1. The lowest BCUT2D eigenvalue weighted by molar-refractivity contribution is 0.636. The van der Waals surface area contributed by atoms with Crippen LogP contribution in [0.5, 0.6) is 0 Å². The molecule has 0 aliphatic rings. The fourth-order valence-electron chi connectivity index (χ4n) is 2.20. The number of rotatable bonds is 4. The van der Waals surface area contributed by atoms with Crippen LogP contribution in [0.1, 0.15) is 34.5 Å².